The molecule has 0 spiro atoms. The average molecular weight is 360 g/mol. The first kappa shape index (κ1) is 14.2. The Balaban J connectivity index is 2.31. The van der Waals surface area contributed by atoms with E-state index < -0.39 is 0 Å². The highest BCUT2D eigenvalue weighted by Crippen LogP contribution is 2.31. The normalized spacial score (nSPS) is 10.3. The number of carbonyl (C=O) groups excluding carboxylic acids is 1. The van der Waals surface area contributed by atoms with Crippen molar-refractivity contribution in [3.8, 4) is 0 Å². The van der Waals surface area contributed by atoms with Gasteiger partial charge in [0, 0.05) is 5.69 Å². The molecule has 0 saturated heterocycles. The molecule has 0 aliphatic rings. The van der Waals surface area contributed by atoms with Gasteiger partial charge < -0.3 is 11.1 Å². The molecule has 0 radical (unpaired) electrons. The lowest BCUT2D eigenvalue weighted by Crippen LogP contribution is -2.13. The highest BCUT2D eigenvalue weighted by atomic mass is 79.9. The summed E-state index contributed by atoms with van der Waals surface area (Å²) in [7, 11) is 0. The molecular weight excluding hydrogens is 351 g/mol. The number of hydrogen-bond acceptors (Lipinski definition) is 2. The minimum atomic E-state index is -0.316. The molecule has 0 saturated carbocycles. The predicted molar refractivity (Wildman–Crippen MR) is 83.0 cm³/mol. The van der Waals surface area contributed by atoms with Crippen molar-refractivity contribution < 1.29 is 4.79 Å². The van der Waals surface area contributed by atoms with Gasteiger partial charge in [-0.05, 0) is 40.2 Å². The summed E-state index contributed by atoms with van der Waals surface area (Å²) in [5.41, 5.74) is 7.10. The van der Waals surface area contributed by atoms with Crippen LogP contribution in [-0.2, 0) is 0 Å². The van der Waals surface area contributed by atoms with E-state index in [1.165, 1.54) is 0 Å². The Kier molecular flexibility index (Phi) is 4.34. The fourth-order valence-corrected chi connectivity index (χ4v) is 2.31. The number of anilines is 2. The van der Waals surface area contributed by atoms with Crippen LogP contribution in [0.4, 0.5) is 11.4 Å². The van der Waals surface area contributed by atoms with Crippen LogP contribution in [0, 0.1) is 0 Å². The summed E-state index contributed by atoms with van der Waals surface area (Å²) in [5, 5.41) is 3.38. The second kappa shape index (κ2) is 5.82. The molecule has 0 aliphatic carbocycles. The van der Waals surface area contributed by atoms with Gasteiger partial charge in [-0.1, -0.05) is 35.3 Å². The second-order valence-electron chi connectivity index (χ2n) is 3.76. The van der Waals surface area contributed by atoms with Crippen molar-refractivity contribution in [1.82, 2.24) is 0 Å². The van der Waals surface area contributed by atoms with Gasteiger partial charge in [-0.2, -0.15) is 0 Å². The fraction of sp³-hybridized carbons (Fsp3) is 0. The molecule has 0 heterocycles. The smallest absolute Gasteiger partial charge is 0.256 e. The molecule has 0 bridgehead atoms. The topological polar surface area (TPSA) is 55.1 Å². The van der Waals surface area contributed by atoms with Gasteiger partial charge in [-0.3, -0.25) is 4.79 Å². The molecule has 3 nitrogen and oxygen atoms in total. The summed E-state index contributed by atoms with van der Waals surface area (Å²) < 4.78 is 0.547. The summed E-state index contributed by atoms with van der Waals surface area (Å²) in [5.74, 6) is -0.316. The monoisotopic (exact) mass is 358 g/mol. The van der Waals surface area contributed by atoms with Crippen molar-refractivity contribution in [1.29, 1.82) is 0 Å². The van der Waals surface area contributed by atoms with E-state index in [9.17, 15) is 4.79 Å². The van der Waals surface area contributed by atoms with Gasteiger partial charge >= 0.3 is 0 Å². The number of nitrogen functional groups attached to an aromatic ring is 1. The number of nitrogens with one attached hydrogen (secondary N) is 1. The van der Waals surface area contributed by atoms with Crippen LogP contribution in [0.5, 0.6) is 0 Å². The molecule has 1 amide bonds. The van der Waals surface area contributed by atoms with Crippen LogP contribution in [0.3, 0.4) is 0 Å². The Labute approximate surface area is 128 Å². The lowest BCUT2D eigenvalue weighted by molar-refractivity contribution is 0.102. The maximum absolute atomic E-state index is 12.2. The maximum atomic E-state index is 12.2. The van der Waals surface area contributed by atoms with E-state index in [4.69, 9.17) is 28.9 Å². The van der Waals surface area contributed by atoms with Crippen LogP contribution < -0.4 is 11.1 Å². The summed E-state index contributed by atoms with van der Waals surface area (Å²) in [6.45, 7) is 0. The molecule has 2 aromatic rings. The van der Waals surface area contributed by atoms with E-state index in [2.05, 4.69) is 21.2 Å². The van der Waals surface area contributed by atoms with Crippen molar-refractivity contribution in [3.05, 3.63) is 56.5 Å². The fourth-order valence-electron chi connectivity index (χ4n) is 1.52. The first-order chi connectivity index (χ1) is 9.00. The number of benzene rings is 2. The van der Waals surface area contributed by atoms with Crippen molar-refractivity contribution in [2.45, 2.75) is 0 Å². The molecular formula is C13H9BrCl2N2O. The molecule has 6 heteroatoms. The highest BCUT2D eigenvalue weighted by Gasteiger charge is 2.14. The van der Waals surface area contributed by atoms with Crippen molar-refractivity contribution in [3.63, 3.8) is 0 Å². The molecule has 2 aromatic carbocycles. The zero-order chi connectivity index (χ0) is 14.0. The van der Waals surface area contributed by atoms with E-state index in [1.54, 1.807) is 36.4 Å². The zero-order valence-electron chi connectivity index (χ0n) is 9.58. The van der Waals surface area contributed by atoms with E-state index in [0.717, 1.165) is 0 Å². The quantitative estimate of drug-likeness (QED) is 0.770. The average Bonchev–Trinajstić information content (AvgIpc) is 2.38. The van der Waals surface area contributed by atoms with E-state index >= 15 is 0 Å². The Morgan fingerprint density at radius 1 is 1.16 bits per heavy atom. The SMILES string of the molecule is Nc1cccc(C(=O)Nc2cccc(Cl)c2Cl)c1Br. The Hall–Kier alpha value is -1.23. The molecule has 98 valence electrons. The van der Waals surface area contributed by atoms with Crippen LogP contribution >= 0.6 is 39.1 Å². The number of carbonyl (C=O) groups is 1. The number of rotatable bonds is 2. The molecule has 0 fully saturated rings. The summed E-state index contributed by atoms with van der Waals surface area (Å²) in [6, 6.07) is 10.1. The van der Waals surface area contributed by atoms with Crippen LogP contribution in [0.15, 0.2) is 40.9 Å². The molecule has 0 atom stereocenters. The van der Waals surface area contributed by atoms with Gasteiger partial charge in [-0.15, -0.1) is 0 Å². The minimum Gasteiger partial charge on any atom is -0.398 e. The standard InChI is InChI=1S/C13H9BrCl2N2O/c14-11-7(3-1-5-9(11)17)13(19)18-10-6-2-4-8(15)12(10)16/h1-6H,17H2,(H,18,19). The summed E-state index contributed by atoms with van der Waals surface area (Å²) in [4.78, 5) is 12.2. The molecule has 3 N–H and O–H groups in total. The molecule has 0 aromatic heterocycles. The van der Waals surface area contributed by atoms with Crippen molar-refractivity contribution in [2.75, 3.05) is 11.1 Å². The van der Waals surface area contributed by atoms with Crippen LogP contribution in [0.1, 0.15) is 10.4 Å². The van der Waals surface area contributed by atoms with E-state index in [-0.39, 0.29) is 5.91 Å². The summed E-state index contributed by atoms with van der Waals surface area (Å²) >= 11 is 15.2. The van der Waals surface area contributed by atoms with Gasteiger partial charge in [0.25, 0.3) is 5.91 Å². The van der Waals surface area contributed by atoms with Gasteiger partial charge in [0.15, 0.2) is 0 Å². The number of hydrogen-bond donors (Lipinski definition) is 2. The van der Waals surface area contributed by atoms with Gasteiger partial charge in [0.1, 0.15) is 0 Å². The molecule has 19 heavy (non-hydrogen) atoms. The molecule has 0 unspecified atom stereocenters. The van der Waals surface area contributed by atoms with Crippen LogP contribution in [0.2, 0.25) is 10.0 Å². The maximum Gasteiger partial charge on any atom is 0.256 e. The third-order valence-corrected chi connectivity index (χ3v) is 4.18. The molecule has 0 aliphatic heterocycles. The largest absolute Gasteiger partial charge is 0.398 e. The van der Waals surface area contributed by atoms with Crippen molar-refractivity contribution in [2.24, 2.45) is 0 Å². The van der Waals surface area contributed by atoms with Crippen molar-refractivity contribution >= 4 is 56.4 Å². The van der Waals surface area contributed by atoms with Gasteiger partial charge in [-0.25, -0.2) is 0 Å². The second-order valence-corrected chi connectivity index (χ2v) is 5.34. The van der Waals surface area contributed by atoms with Gasteiger partial charge in [0.05, 0.1) is 25.8 Å². The first-order valence-corrected chi connectivity index (χ1v) is 6.85. The summed E-state index contributed by atoms with van der Waals surface area (Å²) in [6.07, 6.45) is 0. The number of nitrogens with two attached hydrogens (primary N) is 1. The number of amides is 1. The Bertz CT molecular complexity index is 647. The predicted octanol–water partition coefficient (Wildman–Crippen LogP) is 4.59. The lowest BCUT2D eigenvalue weighted by atomic mass is 10.2. The number of halogens is 3. The van der Waals surface area contributed by atoms with Crippen LogP contribution in [-0.4, -0.2) is 5.91 Å². The Morgan fingerprint density at radius 2 is 1.84 bits per heavy atom. The van der Waals surface area contributed by atoms with E-state index in [1.807, 2.05) is 0 Å². The van der Waals surface area contributed by atoms with Crippen LogP contribution in [0.25, 0.3) is 0 Å². The zero-order valence-corrected chi connectivity index (χ0v) is 12.7. The van der Waals surface area contributed by atoms with E-state index in [0.29, 0.717) is 31.5 Å². The minimum absolute atomic E-state index is 0.303. The van der Waals surface area contributed by atoms with Gasteiger partial charge in [0.2, 0.25) is 0 Å². The molecule has 2 rings (SSSR count). The Morgan fingerprint density at radius 3 is 2.58 bits per heavy atom. The first-order valence-electron chi connectivity index (χ1n) is 5.30. The highest BCUT2D eigenvalue weighted by molar-refractivity contribution is 9.10. The third-order valence-electron chi connectivity index (χ3n) is 2.47. The lowest BCUT2D eigenvalue weighted by Gasteiger charge is -2.10. The third kappa shape index (κ3) is 3.03.